The Balaban J connectivity index is 2.20. The normalized spacial score (nSPS) is 27.8. The molecule has 1 aliphatic carbocycles. The summed E-state index contributed by atoms with van der Waals surface area (Å²) in [5, 5.41) is 14.9. The summed E-state index contributed by atoms with van der Waals surface area (Å²) in [6.07, 6.45) is 2.58. The third-order valence-corrected chi connectivity index (χ3v) is 9.67. The number of primary amides is 1. The Labute approximate surface area is 315 Å². The van der Waals surface area contributed by atoms with E-state index < -0.39 is 66.2 Å². The molecule has 52 heavy (non-hydrogen) atoms. The lowest BCUT2D eigenvalue weighted by molar-refractivity contribution is -0.128. The van der Waals surface area contributed by atoms with E-state index in [1.807, 2.05) is 22.6 Å². The number of halogens is 1. The van der Waals surface area contributed by atoms with Crippen LogP contribution in [0, 0.1) is 15.4 Å². The molecule has 0 aromatic heterocycles. The maximum Gasteiger partial charge on any atom is 0.405 e. The van der Waals surface area contributed by atoms with Crippen molar-refractivity contribution in [3.63, 3.8) is 0 Å². The number of nitrogens with two attached hydrogens (primary N) is 2. The van der Waals surface area contributed by atoms with Gasteiger partial charge >= 0.3 is 6.09 Å². The molecule has 1 aromatic carbocycles. The zero-order valence-electron chi connectivity index (χ0n) is 29.7. The highest BCUT2D eigenvalue weighted by atomic mass is 125. The number of carbonyl (C=O) groups excluding carboxylic acids is 5. The molecule has 0 saturated carbocycles. The smallest absolute Gasteiger partial charge is 0.405 e. The Morgan fingerprint density at radius 3 is 2.44 bits per heavy atom. The largest absolute Gasteiger partial charge is 0.439 e. The number of nitrogens with zero attached hydrogens (tertiary/aromatic N) is 4. The Kier molecular flexibility index (Phi) is 15.1. The molecule has 2 amide bonds. The molecule has 5 N–H and O–H groups in total. The highest BCUT2D eigenvalue weighted by molar-refractivity contribution is 14.1. The summed E-state index contributed by atoms with van der Waals surface area (Å²) >= 11 is 1.91. The van der Waals surface area contributed by atoms with Gasteiger partial charge in [-0.3, -0.25) is 24.1 Å². The predicted octanol–water partition coefficient (Wildman–Crippen LogP) is 4.86. The van der Waals surface area contributed by atoms with Crippen LogP contribution < -0.4 is 11.5 Å². The minimum atomic E-state index is -1.06. The average Bonchev–Trinajstić information content (AvgIpc) is 3.10. The van der Waals surface area contributed by atoms with Crippen molar-refractivity contribution in [1.29, 1.82) is 0 Å². The van der Waals surface area contributed by atoms with Crippen LogP contribution in [0.1, 0.15) is 50.9 Å². The molecule has 0 spiro atoms. The molecule has 0 fully saturated rings. The topological polar surface area (TPSA) is 237 Å². The molecule has 1 aromatic rings. The Morgan fingerprint density at radius 2 is 1.85 bits per heavy atom. The minimum Gasteiger partial charge on any atom is -0.439 e. The number of aliphatic hydroxyl groups excluding tert-OH is 1. The van der Waals surface area contributed by atoms with Crippen molar-refractivity contribution in [2.24, 2.45) is 28.4 Å². The summed E-state index contributed by atoms with van der Waals surface area (Å²) in [5.41, 5.74) is 20.8. The van der Waals surface area contributed by atoms with Gasteiger partial charge in [0.05, 0.1) is 35.8 Å². The molecule has 1 aliphatic heterocycles. The lowest BCUT2D eigenvalue weighted by Gasteiger charge is -2.30. The van der Waals surface area contributed by atoms with Crippen LogP contribution >= 0.6 is 22.6 Å². The van der Waals surface area contributed by atoms with Crippen molar-refractivity contribution in [3.05, 3.63) is 96.3 Å². The fourth-order valence-corrected chi connectivity index (χ4v) is 6.62. The number of hydrogen-bond donors (Lipinski definition) is 3. The van der Waals surface area contributed by atoms with E-state index in [1.165, 1.54) is 57.6 Å². The van der Waals surface area contributed by atoms with E-state index >= 15 is 0 Å². The first-order valence-corrected chi connectivity index (χ1v) is 17.3. The van der Waals surface area contributed by atoms with Gasteiger partial charge in [-0.15, -0.1) is 0 Å². The van der Waals surface area contributed by atoms with Crippen molar-refractivity contribution in [1.82, 2.24) is 4.90 Å². The van der Waals surface area contributed by atoms with Gasteiger partial charge in [-0.05, 0) is 72.4 Å². The quantitative estimate of drug-likeness (QED) is 0.0642. The first-order valence-electron chi connectivity index (χ1n) is 16.3. The molecule has 2 bridgehead atoms. The van der Waals surface area contributed by atoms with Crippen LogP contribution in [0.2, 0.25) is 0 Å². The number of rotatable bonds is 7. The molecule has 0 radical (unpaired) electrons. The Morgan fingerprint density at radius 1 is 1.15 bits per heavy atom. The SMILES string of the molecule is CO[C@H]1/C=C\C=C(/C)C(=O)N(CC(=O)c2ccc(N=[N+]=[N-])c([125I])c2)C2=CC(=O)C(N)=C(C[C@H](C)C[C@H](OC)[C@H](O)[C@@H](C)/C=C(\C)[C@@H]1OC(N)=O)C2=O. The van der Waals surface area contributed by atoms with E-state index in [4.69, 9.17) is 31.2 Å². The van der Waals surface area contributed by atoms with Gasteiger partial charge in [0.25, 0.3) is 5.91 Å². The molecular formula is C36H43IN6O9. The van der Waals surface area contributed by atoms with Gasteiger partial charge < -0.3 is 30.8 Å². The average molecular weight is 829 g/mol. The third kappa shape index (κ3) is 10.3. The van der Waals surface area contributed by atoms with E-state index in [2.05, 4.69) is 10.0 Å². The number of allylic oxidation sites excluding steroid dienone is 4. The molecule has 6 atom stereocenters. The summed E-state index contributed by atoms with van der Waals surface area (Å²) in [7, 11) is 2.83. The van der Waals surface area contributed by atoms with Gasteiger partial charge in [0, 0.05) is 51.4 Å². The monoisotopic (exact) mass is 828 g/mol. The number of ketones is 3. The molecule has 3 rings (SSSR count). The fourth-order valence-electron chi connectivity index (χ4n) is 6.00. The van der Waals surface area contributed by atoms with Crippen LogP contribution in [0.25, 0.3) is 10.4 Å². The highest BCUT2D eigenvalue weighted by Crippen LogP contribution is 2.31. The number of Topliss-reactive ketones (excluding diaryl/α,β-unsaturated/α-hetero) is 2. The van der Waals surface area contributed by atoms with Gasteiger partial charge in [-0.1, -0.05) is 55.4 Å². The Bertz CT molecular complexity index is 1810. The van der Waals surface area contributed by atoms with E-state index in [0.717, 1.165) is 11.0 Å². The van der Waals surface area contributed by atoms with Gasteiger partial charge in [0.15, 0.2) is 11.9 Å². The summed E-state index contributed by atoms with van der Waals surface area (Å²) in [6.45, 7) is 6.09. The fraction of sp³-hybridized carbons (Fsp3) is 0.417. The van der Waals surface area contributed by atoms with Crippen molar-refractivity contribution in [3.8, 4) is 0 Å². The zero-order chi connectivity index (χ0) is 38.9. The molecule has 0 unspecified atom stereocenters. The van der Waals surface area contributed by atoms with Crippen molar-refractivity contribution in [2.45, 2.75) is 65.0 Å². The standard InChI is InChI=1S/C36H43IN6O9/c1-18-12-23-31(38)27(44)16-26(33(23)47)43(17-28(45)22-10-11-25(41-42-40)24(37)15-22)35(48)19(2)8-7-9-29(50-5)34(52-36(39)49)21(4)14-20(3)32(46)30(13-18)51-6/h7-11,14-16,18,20,29-30,32,34,46H,12-13,17,38H2,1-6H3,(H2,39,49)/b9-7-,19-8+,21-14+/t18-,20-,29-,30-,32+,34-/m0/s1/i37-2. The predicted molar refractivity (Wildman–Crippen MR) is 200 cm³/mol. The molecule has 15 nitrogen and oxygen atoms in total. The van der Waals surface area contributed by atoms with Gasteiger partial charge in [-0.25, -0.2) is 4.79 Å². The van der Waals surface area contributed by atoms with Crippen LogP contribution in [-0.2, 0) is 28.6 Å². The summed E-state index contributed by atoms with van der Waals surface area (Å²) in [4.78, 5) is 70.8. The van der Waals surface area contributed by atoms with E-state index in [9.17, 15) is 29.1 Å². The van der Waals surface area contributed by atoms with Crippen LogP contribution in [0.15, 0.2) is 81.8 Å². The summed E-state index contributed by atoms with van der Waals surface area (Å²) < 4.78 is 17.1. The van der Waals surface area contributed by atoms with Crippen molar-refractivity contribution < 1.29 is 43.3 Å². The number of hydrogen-bond acceptors (Lipinski definition) is 11. The third-order valence-electron chi connectivity index (χ3n) is 8.81. The van der Waals surface area contributed by atoms with Gasteiger partial charge in [0.1, 0.15) is 6.10 Å². The summed E-state index contributed by atoms with van der Waals surface area (Å²) in [6, 6.07) is 4.36. The maximum atomic E-state index is 14.1. The van der Waals surface area contributed by atoms with Crippen LogP contribution in [-0.4, -0.2) is 84.5 Å². The second-order valence-corrected chi connectivity index (χ2v) is 13.8. The molecule has 0 saturated heterocycles. The number of benzene rings is 1. The number of carbonyl (C=O) groups is 5. The molecule has 2 aliphatic rings. The molecular weight excluding hydrogens is 785 g/mol. The lowest BCUT2D eigenvalue weighted by atomic mass is 9.85. The van der Waals surface area contributed by atoms with E-state index in [1.54, 1.807) is 26.8 Å². The second-order valence-electron chi connectivity index (χ2n) is 12.7. The van der Waals surface area contributed by atoms with Crippen LogP contribution in [0.5, 0.6) is 0 Å². The second kappa shape index (κ2) is 18.8. The Hall–Kier alpha value is -4.61. The molecule has 278 valence electrons. The molecule has 1 heterocycles. The number of aliphatic hydroxyl groups is 1. The number of ether oxygens (including phenoxy) is 3. The first kappa shape index (κ1) is 41.8. The van der Waals surface area contributed by atoms with Crippen LogP contribution in [0.3, 0.4) is 0 Å². The zero-order valence-corrected chi connectivity index (χ0v) is 31.9. The number of azide groups is 1. The number of amides is 2. The number of fused-ring (bicyclic) bond motifs is 2. The molecule has 16 heteroatoms. The highest BCUT2D eigenvalue weighted by Gasteiger charge is 2.36. The van der Waals surface area contributed by atoms with Crippen molar-refractivity contribution >= 4 is 57.6 Å². The first-order chi connectivity index (χ1) is 24.5. The van der Waals surface area contributed by atoms with E-state index in [-0.39, 0.29) is 46.9 Å². The van der Waals surface area contributed by atoms with Crippen molar-refractivity contribution in [2.75, 3.05) is 20.8 Å². The van der Waals surface area contributed by atoms with Gasteiger partial charge in [-0.2, -0.15) is 0 Å². The van der Waals surface area contributed by atoms with Gasteiger partial charge in [0.2, 0.25) is 11.6 Å². The minimum absolute atomic E-state index is 0.000221. The number of methoxy groups -OCH3 is 2. The summed E-state index contributed by atoms with van der Waals surface area (Å²) in [5.74, 6) is -3.61. The maximum absolute atomic E-state index is 14.1. The lowest BCUT2D eigenvalue weighted by Crippen LogP contribution is -2.41. The van der Waals surface area contributed by atoms with E-state index in [0.29, 0.717) is 14.8 Å². The van der Waals surface area contributed by atoms with Crippen LogP contribution in [0.4, 0.5) is 10.5 Å².